The number of aromatic amines is 1. The first-order chi connectivity index (χ1) is 18.0. The lowest BCUT2D eigenvalue weighted by atomic mass is 9.95. The van der Waals surface area contributed by atoms with Crippen LogP contribution in [0.15, 0.2) is 66.7 Å². The van der Waals surface area contributed by atoms with Crippen LogP contribution in [0.5, 0.6) is 11.5 Å². The number of benzene rings is 3. The van der Waals surface area contributed by atoms with Gasteiger partial charge in [-0.3, -0.25) is 14.8 Å². The van der Waals surface area contributed by atoms with Crippen molar-refractivity contribution >= 4 is 17.6 Å². The molecule has 0 aliphatic carbocycles. The van der Waals surface area contributed by atoms with Crippen LogP contribution in [-0.2, 0) is 4.74 Å². The number of carbonyl (C=O) groups excluding carboxylic acids is 2. The molecule has 8 heteroatoms. The van der Waals surface area contributed by atoms with Crippen molar-refractivity contribution in [2.45, 2.75) is 19.9 Å². The molecule has 1 N–H and O–H groups in total. The van der Waals surface area contributed by atoms with Gasteiger partial charge in [-0.25, -0.2) is 4.79 Å². The first-order valence-electron chi connectivity index (χ1n) is 11.9. The molecule has 0 bridgehead atoms. The Kier molecular flexibility index (Phi) is 6.40. The number of esters is 1. The van der Waals surface area contributed by atoms with E-state index in [-0.39, 0.29) is 12.5 Å². The van der Waals surface area contributed by atoms with Crippen molar-refractivity contribution in [1.82, 2.24) is 10.2 Å². The van der Waals surface area contributed by atoms with Crippen molar-refractivity contribution in [2.24, 2.45) is 0 Å². The highest BCUT2D eigenvalue weighted by Crippen LogP contribution is 2.46. The van der Waals surface area contributed by atoms with Gasteiger partial charge in [0.1, 0.15) is 5.69 Å². The Morgan fingerprint density at radius 1 is 0.973 bits per heavy atom. The SMILES string of the molecule is CCOC(=O)c1ccc(N2C(=O)c3[nH]nc(-c4ccc(C)cc4)c3C2c2ccc(OC)c(OC)c2)cc1. The molecule has 0 fully saturated rings. The van der Waals surface area contributed by atoms with Crippen LogP contribution in [0.1, 0.15) is 50.5 Å². The van der Waals surface area contributed by atoms with Crippen molar-refractivity contribution in [2.75, 3.05) is 25.7 Å². The molecule has 8 nitrogen and oxygen atoms in total. The van der Waals surface area contributed by atoms with E-state index in [0.717, 1.165) is 22.3 Å². The first kappa shape index (κ1) is 24.1. The molecule has 0 saturated carbocycles. The average Bonchev–Trinajstić information content (AvgIpc) is 3.48. The lowest BCUT2D eigenvalue weighted by Gasteiger charge is -2.27. The molecular formula is C29H27N3O5. The maximum atomic E-state index is 13.8. The maximum absolute atomic E-state index is 13.8. The molecular weight excluding hydrogens is 470 g/mol. The van der Waals surface area contributed by atoms with E-state index in [0.29, 0.717) is 34.1 Å². The van der Waals surface area contributed by atoms with E-state index >= 15 is 0 Å². The summed E-state index contributed by atoms with van der Waals surface area (Å²) < 4.78 is 16.1. The van der Waals surface area contributed by atoms with Gasteiger partial charge in [-0.2, -0.15) is 5.10 Å². The number of aromatic nitrogens is 2. The van der Waals surface area contributed by atoms with Gasteiger partial charge in [0, 0.05) is 16.8 Å². The van der Waals surface area contributed by atoms with Crippen molar-refractivity contribution in [3.63, 3.8) is 0 Å². The highest BCUT2D eigenvalue weighted by molar-refractivity contribution is 6.12. The summed E-state index contributed by atoms with van der Waals surface area (Å²) in [4.78, 5) is 27.7. The van der Waals surface area contributed by atoms with Gasteiger partial charge in [0.15, 0.2) is 11.5 Å². The fourth-order valence-corrected chi connectivity index (χ4v) is 4.66. The predicted molar refractivity (Wildman–Crippen MR) is 139 cm³/mol. The van der Waals surface area contributed by atoms with Gasteiger partial charge in [-0.05, 0) is 55.8 Å². The Balaban J connectivity index is 1.66. The smallest absolute Gasteiger partial charge is 0.338 e. The zero-order valence-corrected chi connectivity index (χ0v) is 21.1. The molecule has 3 aromatic carbocycles. The van der Waals surface area contributed by atoms with E-state index in [2.05, 4.69) is 10.2 Å². The largest absolute Gasteiger partial charge is 0.493 e. The number of amides is 1. The molecule has 0 radical (unpaired) electrons. The third-order valence-corrected chi connectivity index (χ3v) is 6.47. The van der Waals surface area contributed by atoms with Gasteiger partial charge < -0.3 is 14.2 Å². The molecule has 1 aromatic heterocycles. The minimum atomic E-state index is -0.495. The predicted octanol–water partition coefficient (Wildman–Crippen LogP) is 5.33. The number of rotatable bonds is 7. The topological polar surface area (TPSA) is 93.8 Å². The Hall–Kier alpha value is -4.59. The summed E-state index contributed by atoms with van der Waals surface area (Å²) in [5.74, 6) is 0.518. The van der Waals surface area contributed by atoms with Crippen LogP contribution in [0, 0.1) is 6.92 Å². The number of H-pyrrole nitrogens is 1. The third kappa shape index (κ3) is 4.20. The average molecular weight is 498 g/mol. The van der Waals surface area contributed by atoms with Gasteiger partial charge in [0.25, 0.3) is 5.91 Å². The molecule has 1 amide bonds. The van der Waals surface area contributed by atoms with E-state index in [9.17, 15) is 9.59 Å². The number of carbonyl (C=O) groups is 2. The summed E-state index contributed by atoms with van der Waals surface area (Å²) in [6.07, 6.45) is 0. The number of fused-ring (bicyclic) bond motifs is 1. The first-order valence-corrected chi connectivity index (χ1v) is 11.9. The second kappa shape index (κ2) is 9.81. The van der Waals surface area contributed by atoms with E-state index in [1.807, 2.05) is 49.4 Å². The molecule has 37 heavy (non-hydrogen) atoms. The molecule has 2 heterocycles. The van der Waals surface area contributed by atoms with Crippen molar-refractivity contribution in [3.8, 4) is 22.8 Å². The van der Waals surface area contributed by atoms with Crippen molar-refractivity contribution in [3.05, 3.63) is 94.7 Å². The van der Waals surface area contributed by atoms with Crippen LogP contribution in [0.25, 0.3) is 11.3 Å². The van der Waals surface area contributed by atoms with E-state index in [4.69, 9.17) is 14.2 Å². The summed E-state index contributed by atoms with van der Waals surface area (Å²) in [6, 6.07) is 20.0. The molecule has 1 atom stereocenters. The highest BCUT2D eigenvalue weighted by Gasteiger charge is 2.43. The number of aryl methyl sites for hydroxylation is 1. The number of methoxy groups -OCH3 is 2. The quantitative estimate of drug-likeness (QED) is 0.347. The number of ether oxygens (including phenoxy) is 3. The normalized spacial score (nSPS) is 14.4. The van der Waals surface area contributed by atoms with Crippen LogP contribution in [0.4, 0.5) is 5.69 Å². The Bertz CT molecular complexity index is 1460. The maximum Gasteiger partial charge on any atom is 0.338 e. The zero-order chi connectivity index (χ0) is 26.1. The van der Waals surface area contributed by atoms with Crippen LogP contribution >= 0.6 is 0 Å². The molecule has 0 spiro atoms. The summed E-state index contributed by atoms with van der Waals surface area (Å²) in [5, 5.41) is 7.51. The van der Waals surface area contributed by atoms with Gasteiger partial charge in [-0.1, -0.05) is 35.9 Å². The number of hydrogen-bond donors (Lipinski definition) is 1. The number of hydrogen-bond acceptors (Lipinski definition) is 6. The van der Waals surface area contributed by atoms with E-state index in [1.165, 1.54) is 0 Å². The highest BCUT2D eigenvalue weighted by atomic mass is 16.5. The molecule has 4 aromatic rings. The molecule has 188 valence electrons. The van der Waals surface area contributed by atoms with Gasteiger partial charge in [0.2, 0.25) is 0 Å². The second-order valence-electron chi connectivity index (χ2n) is 8.69. The fourth-order valence-electron chi connectivity index (χ4n) is 4.66. The van der Waals surface area contributed by atoms with Crippen LogP contribution < -0.4 is 14.4 Å². The second-order valence-corrected chi connectivity index (χ2v) is 8.69. The monoisotopic (exact) mass is 497 g/mol. The molecule has 1 unspecified atom stereocenters. The van der Waals surface area contributed by atoms with E-state index < -0.39 is 12.0 Å². The Morgan fingerprint density at radius 2 is 1.68 bits per heavy atom. The third-order valence-electron chi connectivity index (χ3n) is 6.47. The van der Waals surface area contributed by atoms with Gasteiger partial charge in [0.05, 0.1) is 38.1 Å². The molecule has 1 aliphatic rings. The van der Waals surface area contributed by atoms with Crippen molar-refractivity contribution < 1.29 is 23.8 Å². The molecule has 5 rings (SSSR count). The summed E-state index contributed by atoms with van der Waals surface area (Å²) in [5.41, 5.74) is 5.81. The molecule has 1 aliphatic heterocycles. The number of anilines is 1. The van der Waals surface area contributed by atoms with E-state index in [1.54, 1.807) is 50.3 Å². The summed E-state index contributed by atoms with van der Waals surface area (Å²) >= 11 is 0. The summed E-state index contributed by atoms with van der Waals surface area (Å²) in [6.45, 7) is 4.07. The summed E-state index contributed by atoms with van der Waals surface area (Å²) in [7, 11) is 3.16. The lowest BCUT2D eigenvalue weighted by Crippen LogP contribution is -2.29. The molecule has 0 saturated heterocycles. The number of nitrogens with zero attached hydrogens (tertiary/aromatic N) is 2. The number of nitrogens with one attached hydrogen (secondary N) is 1. The standard InChI is InChI=1S/C29H27N3O5/c1-5-37-29(34)19-10-13-21(14-11-19)32-27(20-12-15-22(35-3)23(16-20)36-4)24-25(30-31-26(24)28(32)33)18-8-6-17(2)7-9-18/h6-16,27H,5H2,1-4H3,(H,30,31). The van der Waals surface area contributed by atoms with Crippen LogP contribution in [0.3, 0.4) is 0 Å². The van der Waals surface area contributed by atoms with Gasteiger partial charge in [-0.15, -0.1) is 0 Å². The minimum absolute atomic E-state index is 0.218. The van der Waals surface area contributed by atoms with Gasteiger partial charge >= 0.3 is 5.97 Å². The Morgan fingerprint density at radius 3 is 2.32 bits per heavy atom. The lowest BCUT2D eigenvalue weighted by molar-refractivity contribution is 0.0526. The minimum Gasteiger partial charge on any atom is -0.493 e. The fraction of sp³-hybridized carbons (Fsp3) is 0.207. The zero-order valence-electron chi connectivity index (χ0n) is 21.1. The van der Waals surface area contributed by atoms with Crippen molar-refractivity contribution in [1.29, 1.82) is 0 Å². The van der Waals surface area contributed by atoms with Crippen LogP contribution in [0.2, 0.25) is 0 Å². The Labute approximate surface area is 214 Å². The van der Waals surface area contributed by atoms with Crippen LogP contribution in [-0.4, -0.2) is 42.9 Å².